The van der Waals surface area contributed by atoms with Crippen molar-refractivity contribution in [3.8, 4) is 5.75 Å². The Labute approximate surface area is 100 Å². The van der Waals surface area contributed by atoms with E-state index in [0.717, 1.165) is 0 Å². The zero-order valence-electron chi connectivity index (χ0n) is 10.5. The van der Waals surface area contributed by atoms with Crippen LogP contribution in [0.2, 0.25) is 0 Å². The Morgan fingerprint density at radius 2 is 2.12 bits per heavy atom. The van der Waals surface area contributed by atoms with Crippen LogP contribution in [-0.2, 0) is 4.74 Å². The molecular formula is C12H18FNO3. The summed E-state index contributed by atoms with van der Waals surface area (Å²) >= 11 is 0. The number of hydrogen-bond acceptors (Lipinski definition) is 4. The predicted molar refractivity (Wildman–Crippen MR) is 61.1 cm³/mol. The molecule has 96 valence electrons. The minimum absolute atomic E-state index is 0.0108. The molecule has 0 aliphatic rings. The molecule has 0 saturated heterocycles. The van der Waals surface area contributed by atoms with E-state index in [0.29, 0.717) is 5.69 Å². The number of nitrogens with zero attached hydrogens (tertiary/aromatic N) is 1. The Hall–Kier alpha value is -1.20. The first-order valence-corrected chi connectivity index (χ1v) is 5.31. The lowest BCUT2D eigenvalue weighted by Crippen LogP contribution is -2.19. The van der Waals surface area contributed by atoms with Gasteiger partial charge in [-0.1, -0.05) is 20.8 Å². The van der Waals surface area contributed by atoms with Gasteiger partial charge in [-0.05, 0) is 5.41 Å². The number of methoxy groups -OCH3 is 1. The molecule has 0 aliphatic heterocycles. The predicted octanol–water partition coefficient (Wildman–Crippen LogP) is 2.28. The quantitative estimate of drug-likeness (QED) is 0.824. The fourth-order valence-corrected chi connectivity index (χ4v) is 1.25. The molecule has 0 bridgehead atoms. The smallest absolute Gasteiger partial charge is 0.188 e. The fraction of sp³-hybridized carbons (Fsp3) is 0.583. The fourth-order valence-electron chi connectivity index (χ4n) is 1.25. The van der Waals surface area contributed by atoms with Crippen molar-refractivity contribution < 1.29 is 19.0 Å². The molecule has 1 aromatic rings. The third-order valence-corrected chi connectivity index (χ3v) is 2.27. The van der Waals surface area contributed by atoms with Crippen molar-refractivity contribution in [2.24, 2.45) is 5.41 Å². The summed E-state index contributed by atoms with van der Waals surface area (Å²) in [5.41, 5.74) is -0.103. The minimum atomic E-state index is -0.825. The molecule has 17 heavy (non-hydrogen) atoms. The van der Waals surface area contributed by atoms with E-state index in [1.165, 1.54) is 19.4 Å². The van der Waals surface area contributed by atoms with Crippen molar-refractivity contribution >= 4 is 0 Å². The molecule has 0 aromatic carbocycles. The zero-order chi connectivity index (χ0) is 13.1. The molecule has 5 heteroatoms. The number of aromatic nitrogens is 1. The van der Waals surface area contributed by atoms with Gasteiger partial charge in [0, 0.05) is 13.2 Å². The van der Waals surface area contributed by atoms with Gasteiger partial charge < -0.3 is 14.6 Å². The van der Waals surface area contributed by atoms with Crippen LogP contribution in [0, 0.1) is 11.2 Å². The summed E-state index contributed by atoms with van der Waals surface area (Å²) in [6.45, 7) is 5.52. The van der Waals surface area contributed by atoms with E-state index in [4.69, 9.17) is 4.74 Å². The summed E-state index contributed by atoms with van der Waals surface area (Å²) in [6, 6.07) is 1.18. The molecule has 0 aliphatic carbocycles. The molecule has 0 spiro atoms. The van der Waals surface area contributed by atoms with Gasteiger partial charge in [0.2, 0.25) is 0 Å². The molecule has 1 heterocycles. The van der Waals surface area contributed by atoms with Crippen LogP contribution in [0.25, 0.3) is 0 Å². The molecule has 1 rings (SSSR count). The van der Waals surface area contributed by atoms with Gasteiger partial charge in [-0.3, -0.25) is 4.98 Å². The average molecular weight is 243 g/mol. The Morgan fingerprint density at radius 1 is 1.47 bits per heavy atom. The first-order chi connectivity index (χ1) is 7.86. The van der Waals surface area contributed by atoms with E-state index in [1.54, 1.807) is 0 Å². The van der Waals surface area contributed by atoms with Gasteiger partial charge in [0.15, 0.2) is 18.4 Å². The Kier molecular flexibility index (Phi) is 4.42. The molecule has 4 nitrogen and oxygen atoms in total. The van der Waals surface area contributed by atoms with Gasteiger partial charge in [-0.2, -0.15) is 0 Å². The second kappa shape index (κ2) is 5.42. The van der Waals surface area contributed by atoms with Crippen LogP contribution in [0.4, 0.5) is 4.39 Å². The van der Waals surface area contributed by atoms with Crippen LogP contribution in [0.3, 0.4) is 0 Å². The maximum absolute atomic E-state index is 13.6. The number of ether oxygens (including phenoxy) is 2. The number of rotatable bonds is 4. The standard InChI is InChI=1S/C12H18FNO3/c1-12(2,3)11(15)9-5-8(13)10(6-14-9)17-7-16-4/h5-6,11,15H,7H2,1-4H3. The highest BCUT2D eigenvalue weighted by Crippen LogP contribution is 2.32. The van der Waals surface area contributed by atoms with Gasteiger partial charge >= 0.3 is 0 Å². The molecule has 0 fully saturated rings. The normalized spacial score (nSPS) is 13.5. The topological polar surface area (TPSA) is 51.6 Å². The summed E-state index contributed by atoms with van der Waals surface area (Å²) in [7, 11) is 1.45. The van der Waals surface area contributed by atoms with Gasteiger partial charge in [0.25, 0.3) is 0 Å². The largest absolute Gasteiger partial charge is 0.463 e. The average Bonchev–Trinajstić information content (AvgIpc) is 2.25. The Bertz CT molecular complexity index is 377. The monoisotopic (exact) mass is 243 g/mol. The molecule has 1 aromatic heterocycles. The van der Waals surface area contributed by atoms with Crippen LogP contribution < -0.4 is 4.74 Å². The van der Waals surface area contributed by atoms with Crippen molar-refractivity contribution in [2.75, 3.05) is 13.9 Å². The van der Waals surface area contributed by atoms with E-state index in [-0.39, 0.29) is 12.5 Å². The van der Waals surface area contributed by atoms with Gasteiger partial charge in [0.05, 0.1) is 11.9 Å². The third-order valence-electron chi connectivity index (χ3n) is 2.27. The first-order valence-electron chi connectivity index (χ1n) is 5.31. The second-order valence-electron chi connectivity index (χ2n) is 4.86. The summed E-state index contributed by atoms with van der Waals surface area (Å²) in [6.07, 6.45) is 0.423. The Balaban J connectivity index is 2.89. The number of hydrogen-bond donors (Lipinski definition) is 1. The summed E-state index contributed by atoms with van der Waals surface area (Å²) < 4.78 is 23.2. The lowest BCUT2D eigenvalue weighted by atomic mass is 9.87. The van der Waals surface area contributed by atoms with E-state index >= 15 is 0 Å². The number of halogens is 1. The molecule has 0 radical (unpaired) electrons. The molecule has 0 amide bonds. The lowest BCUT2D eigenvalue weighted by molar-refractivity contribution is 0.0463. The lowest BCUT2D eigenvalue weighted by Gasteiger charge is -2.25. The van der Waals surface area contributed by atoms with Crippen molar-refractivity contribution in [2.45, 2.75) is 26.9 Å². The van der Waals surface area contributed by atoms with Crippen molar-refractivity contribution in [3.05, 3.63) is 23.8 Å². The van der Waals surface area contributed by atoms with Gasteiger partial charge in [0.1, 0.15) is 6.10 Å². The van der Waals surface area contributed by atoms with E-state index in [9.17, 15) is 9.50 Å². The number of aliphatic hydroxyl groups is 1. The minimum Gasteiger partial charge on any atom is -0.463 e. The van der Waals surface area contributed by atoms with Crippen molar-refractivity contribution in [3.63, 3.8) is 0 Å². The second-order valence-corrected chi connectivity index (χ2v) is 4.86. The zero-order valence-corrected chi connectivity index (χ0v) is 10.5. The van der Waals surface area contributed by atoms with Gasteiger partial charge in [-0.15, -0.1) is 0 Å². The third kappa shape index (κ3) is 3.64. The van der Waals surface area contributed by atoms with E-state index < -0.39 is 17.3 Å². The molecule has 0 saturated carbocycles. The molecule has 1 atom stereocenters. The highest BCUT2D eigenvalue weighted by Gasteiger charge is 2.25. The van der Waals surface area contributed by atoms with Crippen molar-refractivity contribution in [1.82, 2.24) is 4.98 Å². The van der Waals surface area contributed by atoms with Crippen LogP contribution in [0.15, 0.2) is 12.3 Å². The summed E-state index contributed by atoms with van der Waals surface area (Å²) in [5.74, 6) is -0.549. The van der Waals surface area contributed by atoms with Crippen LogP contribution in [0.1, 0.15) is 32.6 Å². The summed E-state index contributed by atoms with van der Waals surface area (Å²) in [4.78, 5) is 3.99. The number of pyridine rings is 1. The van der Waals surface area contributed by atoms with E-state index in [2.05, 4.69) is 9.72 Å². The molecular weight excluding hydrogens is 225 g/mol. The van der Waals surface area contributed by atoms with Gasteiger partial charge in [-0.25, -0.2) is 4.39 Å². The highest BCUT2D eigenvalue weighted by molar-refractivity contribution is 5.24. The van der Waals surface area contributed by atoms with Crippen LogP contribution in [0.5, 0.6) is 5.75 Å². The maximum Gasteiger partial charge on any atom is 0.188 e. The maximum atomic E-state index is 13.6. The molecule has 1 N–H and O–H groups in total. The SMILES string of the molecule is COCOc1cnc(C(O)C(C)(C)C)cc1F. The van der Waals surface area contributed by atoms with Crippen molar-refractivity contribution in [1.29, 1.82) is 0 Å². The number of aliphatic hydroxyl groups excluding tert-OH is 1. The summed E-state index contributed by atoms with van der Waals surface area (Å²) in [5, 5.41) is 9.95. The highest BCUT2D eigenvalue weighted by atomic mass is 19.1. The van der Waals surface area contributed by atoms with Crippen LogP contribution >= 0.6 is 0 Å². The van der Waals surface area contributed by atoms with E-state index in [1.807, 2.05) is 20.8 Å². The van der Waals surface area contributed by atoms with Crippen LogP contribution in [-0.4, -0.2) is 24.0 Å². The molecule has 1 unspecified atom stereocenters. The Morgan fingerprint density at radius 3 is 2.59 bits per heavy atom. The first kappa shape index (κ1) is 13.9.